The maximum absolute atomic E-state index is 13.0. The smallest absolute Gasteiger partial charge is 0.338 e. The van der Waals surface area contributed by atoms with Gasteiger partial charge in [0.05, 0.1) is 18.2 Å². The highest BCUT2D eigenvalue weighted by atomic mass is 16.8. The number of hydrogen-bond donors (Lipinski definition) is 6. The average molecular weight is 756 g/mol. The Balaban J connectivity index is 1.49. The summed E-state index contributed by atoms with van der Waals surface area (Å²) in [5, 5.41) is 58.0. The Morgan fingerprint density at radius 3 is 2.32 bits per heavy atom. The lowest BCUT2D eigenvalue weighted by Crippen LogP contribution is -2.64. The van der Waals surface area contributed by atoms with E-state index in [4.69, 9.17) is 28.5 Å². The van der Waals surface area contributed by atoms with Gasteiger partial charge in [0, 0.05) is 32.5 Å². The summed E-state index contributed by atoms with van der Waals surface area (Å²) >= 11 is 0. The predicted molar refractivity (Wildman–Crippen MR) is 181 cm³/mol. The zero-order chi connectivity index (χ0) is 38.8. The van der Waals surface area contributed by atoms with Crippen molar-refractivity contribution in [2.75, 3.05) is 39.3 Å². The number of ether oxygens (including phenoxy) is 5. The van der Waals surface area contributed by atoms with E-state index >= 15 is 0 Å². The first-order chi connectivity index (χ1) is 25.2. The van der Waals surface area contributed by atoms with Gasteiger partial charge < -0.3 is 59.4 Å². The standard InChI is InChI=1S/C35H53N3O15/c1-19(2)32(46)37-14-9-13-36-25(40)17-38(15-8-12-23(16-37)50-21(4)39)53-35-31(29(44)26(41)20(3)49-35)52-34-30(45)28(43)27(42)24(51-34)18-48-33(47)22-10-6-5-7-11-22/h5-7,10-11,19-20,23-24,26-31,34-35,41-45H,8-9,12-18H2,1-4H3,(H,36,40)/t20-,23+,24+,26-,27+,28-,29+,30+,31+,34-,35-/m0/s1. The molecule has 298 valence electrons. The molecule has 6 N–H and O–H groups in total. The molecule has 18 heteroatoms. The molecule has 2 amide bonds. The second-order valence-corrected chi connectivity index (χ2v) is 13.8. The molecule has 0 radical (unpaired) electrons. The van der Waals surface area contributed by atoms with E-state index in [0.717, 1.165) is 0 Å². The highest BCUT2D eigenvalue weighted by molar-refractivity contribution is 5.89. The van der Waals surface area contributed by atoms with Gasteiger partial charge in [-0.3, -0.25) is 19.2 Å². The molecule has 0 aromatic heterocycles. The van der Waals surface area contributed by atoms with Crippen LogP contribution in [0.4, 0.5) is 0 Å². The zero-order valence-corrected chi connectivity index (χ0v) is 30.4. The van der Waals surface area contributed by atoms with Crippen LogP contribution < -0.4 is 5.32 Å². The summed E-state index contributed by atoms with van der Waals surface area (Å²) in [6, 6.07) is 8.02. The van der Waals surface area contributed by atoms with Gasteiger partial charge in [0.25, 0.3) is 0 Å². The van der Waals surface area contributed by atoms with Crippen molar-refractivity contribution in [1.29, 1.82) is 0 Å². The van der Waals surface area contributed by atoms with E-state index in [2.05, 4.69) is 5.32 Å². The summed E-state index contributed by atoms with van der Waals surface area (Å²) in [5.41, 5.74) is 0.229. The van der Waals surface area contributed by atoms with Crippen LogP contribution >= 0.6 is 0 Å². The third kappa shape index (κ3) is 11.8. The van der Waals surface area contributed by atoms with E-state index < -0.39 is 92.0 Å². The molecule has 0 unspecified atom stereocenters. The van der Waals surface area contributed by atoms with Crippen LogP contribution in [0.3, 0.4) is 0 Å². The van der Waals surface area contributed by atoms with Gasteiger partial charge >= 0.3 is 11.9 Å². The first-order valence-corrected chi connectivity index (χ1v) is 17.9. The number of rotatable bonds is 9. The zero-order valence-electron chi connectivity index (χ0n) is 30.4. The quantitative estimate of drug-likeness (QED) is 0.156. The first-order valence-electron chi connectivity index (χ1n) is 17.9. The van der Waals surface area contributed by atoms with Crippen molar-refractivity contribution in [3.05, 3.63) is 35.9 Å². The number of aliphatic hydroxyl groups excluding tert-OH is 5. The largest absolute Gasteiger partial charge is 0.461 e. The highest BCUT2D eigenvalue weighted by Gasteiger charge is 2.51. The number of carbonyl (C=O) groups excluding carboxylic acids is 4. The second-order valence-electron chi connectivity index (χ2n) is 13.8. The summed E-state index contributed by atoms with van der Waals surface area (Å²) in [6.07, 6.45) is -15.4. The Morgan fingerprint density at radius 2 is 1.64 bits per heavy atom. The van der Waals surface area contributed by atoms with Crippen LogP contribution in [-0.4, -0.2) is 166 Å². The van der Waals surface area contributed by atoms with Gasteiger partial charge in [0.1, 0.15) is 62.0 Å². The molecule has 3 aliphatic rings. The van der Waals surface area contributed by atoms with E-state index in [1.165, 1.54) is 31.0 Å². The van der Waals surface area contributed by atoms with Crippen molar-refractivity contribution in [1.82, 2.24) is 15.3 Å². The lowest BCUT2D eigenvalue weighted by molar-refractivity contribution is -0.393. The number of benzene rings is 1. The number of hydrogen-bond acceptors (Lipinski definition) is 16. The number of aliphatic hydroxyl groups is 5. The van der Waals surface area contributed by atoms with Gasteiger partial charge in [-0.25, -0.2) is 4.79 Å². The molecular formula is C35H53N3O15. The topological polar surface area (TPSA) is 243 Å². The van der Waals surface area contributed by atoms with Crippen molar-refractivity contribution in [3.63, 3.8) is 0 Å². The third-order valence-electron chi connectivity index (χ3n) is 9.13. The molecule has 3 aliphatic heterocycles. The predicted octanol–water partition coefficient (Wildman–Crippen LogP) is -1.55. The number of nitrogens with zero attached hydrogens (tertiary/aromatic N) is 2. The number of carbonyl (C=O) groups is 4. The summed E-state index contributed by atoms with van der Waals surface area (Å²) in [4.78, 5) is 58.1. The van der Waals surface area contributed by atoms with Crippen LogP contribution in [0.5, 0.6) is 0 Å². The number of esters is 2. The summed E-state index contributed by atoms with van der Waals surface area (Å²) in [5.74, 6) is -2.08. The van der Waals surface area contributed by atoms with Crippen molar-refractivity contribution < 1.29 is 73.2 Å². The van der Waals surface area contributed by atoms with Gasteiger partial charge in [-0.05, 0) is 38.3 Å². The highest BCUT2D eigenvalue weighted by Crippen LogP contribution is 2.30. The Morgan fingerprint density at radius 1 is 0.925 bits per heavy atom. The van der Waals surface area contributed by atoms with Crippen molar-refractivity contribution in [3.8, 4) is 0 Å². The second kappa shape index (κ2) is 19.9. The lowest BCUT2D eigenvalue weighted by atomic mass is 9.97. The fraction of sp³-hybridized carbons (Fsp3) is 0.714. The Hall–Kier alpha value is -3.30. The SMILES string of the molecule is CC(=O)O[C@@H]1CCCN(O[C@@H]2O[C@@H](C)[C@H](O)[C@@H](O)[C@H]2O[C@@H]2O[C@H](COC(=O)c3ccccc3)[C@@H](O)[C@H](O)[C@H]2O)CC(=O)NCCCN(C(=O)C(C)C)C1. The molecule has 4 rings (SSSR count). The minimum absolute atomic E-state index is 0.0746. The number of hydroxylamine groups is 2. The van der Waals surface area contributed by atoms with E-state index in [1.54, 1.807) is 36.9 Å². The molecule has 3 fully saturated rings. The van der Waals surface area contributed by atoms with E-state index in [-0.39, 0.29) is 43.6 Å². The average Bonchev–Trinajstić information content (AvgIpc) is 3.13. The van der Waals surface area contributed by atoms with Gasteiger partial charge in [0.2, 0.25) is 18.1 Å². The summed E-state index contributed by atoms with van der Waals surface area (Å²) in [7, 11) is 0. The molecule has 3 saturated heterocycles. The lowest BCUT2D eigenvalue weighted by Gasteiger charge is -2.46. The van der Waals surface area contributed by atoms with Crippen molar-refractivity contribution in [2.24, 2.45) is 5.92 Å². The Bertz CT molecular complexity index is 1350. The maximum Gasteiger partial charge on any atom is 0.338 e. The van der Waals surface area contributed by atoms with Crippen LogP contribution in [0.15, 0.2) is 30.3 Å². The Kier molecular flexibility index (Phi) is 15.9. The van der Waals surface area contributed by atoms with Gasteiger partial charge in [-0.15, -0.1) is 0 Å². The van der Waals surface area contributed by atoms with Crippen LogP contribution in [0.2, 0.25) is 0 Å². The maximum atomic E-state index is 13.0. The molecule has 18 nitrogen and oxygen atoms in total. The van der Waals surface area contributed by atoms with Crippen LogP contribution in [0, 0.1) is 5.92 Å². The van der Waals surface area contributed by atoms with E-state index in [1.807, 2.05) is 0 Å². The normalized spacial score (nSPS) is 33.9. The van der Waals surface area contributed by atoms with E-state index in [9.17, 15) is 44.7 Å². The molecule has 11 atom stereocenters. The molecule has 53 heavy (non-hydrogen) atoms. The molecule has 1 aromatic carbocycles. The molecule has 0 spiro atoms. The molecule has 0 aliphatic carbocycles. The van der Waals surface area contributed by atoms with Gasteiger partial charge in [-0.2, -0.15) is 5.06 Å². The molecular weight excluding hydrogens is 702 g/mol. The number of nitrogens with one attached hydrogen (secondary N) is 1. The van der Waals surface area contributed by atoms with Crippen LogP contribution in [0.1, 0.15) is 57.3 Å². The molecule has 3 heterocycles. The minimum atomic E-state index is -1.87. The Labute approximate surface area is 307 Å². The van der Waals surface area contributed by atoms with Crippen LogP contribution in [0.25, 0.3) is 0 Å². The van der Waals surface area contributed by atoms with Crippen molar-refractivity contribution in [2.45, 2.75) is 114 Å². The molecule has 0 saturated carbocycles. The van der Waals surface area contributed by atoms with E-state index in [0.29, 0.717) is 25.8 Å². The fourth-order valence-electron chi connectivity index (χ4n) is 6.22. The van der Waals surface area contributed by atoms with Crippen LogP contribution in [-0.2, 0) is 42.9 Å². The summed E-state index contributed by atoms with van der Waals surface area (Å²) in [6.45, 7) is 6.25. The monoisotopic (exact) mass is 755 g/mol. The van der Waals surface area contributed by atoms with Gasteiger partial charge in [-0.1, -0.05) is 32.0 Å². The van der Waals surface area contributed by atoms with Crippen molar-refractivity contribution >= 4 is 23.8 Å². The molecule has 0 bridgehead atoms. The minimum Gasteiger partial charge on any atom is -0.461 e. The van der Waals surface area contributed by atoms with Gasteiger partial charge in [0.15, 0.2) is 6.29 Å². The first kappa shape index (κ1) is 42.4. The fourth-order valence-corrected chi connectivity index (χ4v) is 6.22. The molecule has 1 aromatic rings. The third-order valence-corrected chi connectivity index (χ3v) is 9.13. The number of amides is 2. The summed E-state index contributed by atoms with van der Waals surface area (Å²) < 4.78 is 28.3.